The Labute approximate surface area is 172 Å². The maximum absolute atomic E-state index is 14.0. The van der Waals surface area contributed by atoms with Crippen molar-refractivity contribution in [1.29, 1.82) is 0 Å². The van der Waals surface area contributed by atoms with Gasteiger partial charge in [-0.1, -0.05) is 54.6 Å². The second-order valence-electron chi connectivity index (χ2n) is 7.17. The molecule has 0 aromatic heterocycles. The molecule has 0 amide bonds. The molecule has 3 aromatic carbocycles. The normalized spacial score (nSPS) is 19.4. The predicted octanol–water partition coefficient (Wildman–Crippen LogP) is 6.35. The minimum atomic E-state index is -5.24. The van der Waals surface area contributed by atoms with Crippen molar-refractivity contribution < 1.29 is 35.9 Å². The fraction of sp³-hybridized carbons (Fsp3) is 0.227. The van der Waals surface area contributed by atoms with Crippen LogP contribution >= 0.6 is 0 Å². The van der Waals surface area contributed by atoms with E-state index in [-0.39, 0.29) is 16.5 Å². The van der Waals surface area contributed by atoms with Crippen molar-refractivity contribution in [1.82, 2.24) is 0 Å². The molecule has 0 saturated carbocycles. The molecule has 0 fully saturated rings. The van der Waals surface area contributed by atoms with Crippen LogP contribution in [0.25, 0.3) is 10.8 Å². The van der Waals surface area contributed by atoms with Gasteiger partial charge in [-0.05, 0) is 11.5 Å². The fourth-order valence-electron chi connectivity index (χ4n) is 3.90. The molecule has 3 nitrogen and oxygen atoms in total. The molecule has 3 aromatic rings. The van der Waals surface area contributed by atoms with Gasteiger partial charge in [0.05, 0.1) is 5.69 Å². The summed E-state index contributed by atoms with van der Waals surface area (Å²) in [6.07, 6.45) is -13.8. The highest BCUT2D eigenvalue weighted by molar-refractivity contribution is 6.14. The molecule has 0 spiro atoms. The first-order valence-electron chi connectivity index (χ1n) is 9.17. The molecule has 4 rings (SSSR count). The number of Topliss-reactive ketones (excluding diaryl/α,β-unsaturated/α-hetero) is 1. The molecule has 2 unspecified atom stereocenters. The molecule has 0 saturated heterocycles. The second-order valence-corrected chi connectivity index (χ2v) is 7.17. The first-order chi connectivity index (χ1) is 14.5. The number of alkyl halides is 6. The van der Waals surface area contributed by atoms with Crippen molar-refractivity contribution >= 4 is 22.2 Å². The van der Waals surface area contributed by atoms with E-state index >= 15 is 0 Å². The first kappa shape index (κ1) is 21.2. The van der Waals surface area contributed by atoms with Crippen molar-refractivity contribution in [3.63, 3.8) is 0 Å². The van der Waals surface area contributed by atoms with Crippen molar-refractivity contribution in [2.24, 2.45) is 0 Å². The van der Waals surface area contributed by atoms with E-state index in [1.54, 1.807) is 30.3 Å². The van der Waals surface area contributed by atoms with Gasteiger partial charge in [0.15, 0.2) is 12.3 Å². The summed E-state index contributed by atoms with van der Waals surface area (Å²) in [7, 11) is 1.50. The number of carbonyl (C=O) groups excluding carboxylic acids is 1. The number of benzene rings is 3. The highest BCUT2D eigenvalue weighted by Gasteiger charge is 2.50. The van der Waals surface area contributed by atoms with Gasteiger partial charge in [-0.3, -0.25) is 4.79 Å². The van der Waals surface area contributed by atoms with Crippen LogP contribution in [0.5, 0.6) is 0 Å². The van der Waals surface area contributed by atoms with Crippen LogP contribution in [0, 0.1) is 0 Å². The summed E-state index contributed by atoms with van der Waals surface area (Å²) >= 11 is 0. The lowest BCUT2D eigenvalue weighted by atomic mass is 9.91. The molecule has 162 valence electrons. The summed E-state index contributed by atoms with van der Waals surface area (Å²) in [5.74, 6) is -2.21. The Kier molecular flexibility index (Phi) is 4.96. The third-order valence-electron chi connectivity index (χ3n) is 5.18. The molecule has 0 bridgehead atoms. The Morgan fingerprint density at radius 1 is 0.903 bits per heavy atom. The smallest absolute Gasteiger partial charge is 0.345 e. The van der Waals surface area contributed by atoms with Gasteiger partial charge >= 0.3 is 12.4 Å². The molecule has 0 aliphatic carbocycles. The first-order valence-corrected chi connectivity index (χ1v) is 9.17. The Balaban J connectivity index is 2.03. The van der Waals surface area contributed by atoms with Gasteiger partial charge in [0.1, 0.15) is 0 Å². The minimum absolute atomic E-state index is 0.0664. The Bertz CT molecular complexity index is 1140. The number of anilines is 1. The van der Waals surface area contributed by atoms with Gasteiger partial charge in [-0.2, -0.15) is 26.3 Å². The van der Waals surface area contributed by atoms with Crippen molar-refractivity contribution in [2.45, 2.75) is 24.7 Å². The van der Waals surface area contributed by atoms with E-state index in [0.717, 1.165) is 0 Å². The molecule has 2 atom stereocenters. The van der Waals surface area contributed by atoms with Gasteiger partial charge in [0.25, 0.3) is 5.78 Å². The lowest BCUT2D eigenvalue weighted by Gasteiger charge is -2.41. The number of rotatable bonds is 2. The summed E-state index contributed by atoms with van der Waals surface area (Å²) in [6, 6.07) is 14.5. The highest BCUT2D eigenvalue weighted by Crippen LogP contribution is 2.51. The zero-order valence-corrected chi connectivity index (χ0v) is 16.0. The third-order valence-corrected chi connectivity index (χ3v) is 5.18. The van der Waals surface area contributed by atoms with Gasteiger partial charge < -0.3 is 9.64 Å². The molecule has 31 heavy (non-hydrogen) atoms. The number of ketones is 1. The molecule has 9 heteroatoms. The number of hydrogen-bond acceptors (Lipinski definition) is 3. The van der Waals surface area contributed by atoms with E-state index in [0.29, 0.717) is 11.6 Å². The molecule has 0 N–H and O–H groups in total. The number of ether oxygens (including phenoxy) is 1. The zero-order chi connectivity index (χ0) is 22.6. The van der Waals surface area contributed by atoms with Crippen LogP contribution in [-0.2, 0) is 4.74 Å². The molecule has 0 radical (unpaired) electrons. The van der Waals surface area contributed by atoms with Crippen LogP contribution in [-0.4, -0.2) is 25.2 Å². The summed E-state index contributed by atoms with van der Waals surface area (Å²) in [6.45, 7) is 0. The summed E-state index contributed by atoms with van der Waals surface area (Å²) in [5.41, 5.74) is -0.860. The average Bonchev–Trinajstić information content (AvgIpc) is 2.71. The fourth-order valence-corrected chi connectivity index (χ4v) is 3.90. The topological polar surface area (TPSA) is 29.5 Å². The van der Waals surface area contributed by atoms with Crippen LogP contribution in [0.3, 0.4) is 0 Å². The highest BCUT2D eigenvalue weighted by atomic mass is 19.4. The van der Waals surface area contributed by atoms with E-state index in [1.807, 2.05) is 0 Å². The molecule has 1 aliphatic heterocycles. The zero-order valence-electron chi connectivity index (χ0n) is 16.0. The van der Waals surface area contributed by atoms with E-state index in [2.05, 4.69) is 0 Å². The Morgan fingerprint density at radius 2 is 1.48 bits per heavy atom. The Hall–Kier alpha value is -3.07. The molecular formula is C22H15F6NO2. The van der Waals surface area contributed by atoms with E-state index < -0.39 is 41.6 Å². The van der Waals surface area contributed by atoms with E-state index in [9.17, 15) is 31.1 Å². The Morgan fingerprint density at radius 3 is 2.06 bits per heavy atom. The number of fused-ring (bicyclic) bond motifs is 3. The standard InChI is InChI=1S/C22H15F6NO2/c1-29-17-14-10-6-5-9-13(14)15(18(30)21(23,24)25)11-16(17)19(22(26,27)28)31-20(29)12-7-3-2-4-8-12/h2-11,19-20H,1H3. The van der Waals surface area contributed by atoms with Crippen molar-refractivity contribution in [3.05, 3.63) is 77.4 Å². The summed E-state index contributed by atoms with van der Waals surface area (Å²) in [5, 5.41) is 0.0265. The average molecular weight is 439 g/mol. The van der Waals surface area contributed by atoms with Gasteiger partial charge in [0.2, 0.25) is 0 Å². The number of hydrogen-bond donors (Lipinski definition) is 0. The lowest BCUT2D eigenvalue weighted by molar-refractivity contribution is -0.240. The monoisotopic (exact) mass is 439 g/mol. The van der Waals surface area contributed by atoms with Crippen molar-refractivity contribution in [3.8, 4) is 0 Å². The predicted molar refractivity (Wildman–Crippen MR) is 102 cm³/mol. The van der Waals surface area contributed by atoms with Crippen LogP contribution in [0.1, 0.15) is 33.8 Å². The second kappa shape index (κ2) is 7.26. The van der Waals surface area contributed by atoms with Crippen LogP contribution in [0.4, 0.5) is 32.0 Å². The largest absolute Gasteiger partial charge is 0.454 e. The lowest BCUT2D eigenvalue weighted by Crippen LogP contribution is -2.39. The molecule has 1 aliphatic rings. The maximum atomic E-state index is 14.0. The quantitative estimate of drug-likeness (QED) is 0.344. The van der Waals surface area contributed by atoms with Crippen LogP contribution < -0.4 is 4.90 Å². The minimum Gasteiger partial charge on any atom is -0.345 e. The molecular weight excluding hydrogens is 424 g/mol. The number of halogens is 6. The van der Waals surface area contributed by atoms with Crippen molar-refractivity contribution in [2.75, 3.05) is 11.9 Å². The third kappa shape index (κ3) is 3.63. The number of nitrogens with zero attached hydrogens (tertiary/aromatic N) is 1. The molecule has 1 heterocycles. The van der Waals surface area contributed by atoms with Crippen LogP contribution in [0.15, 0.2) is 60.7 Å². The van der Waals surface area contributed by atoms with Gasteiger partial charge in [-0.25, -0.2) is 0 Å². The summed E-state index contributed by atoms with van der Waals surface area (Å²) < 4.78 is 86.7. The van der Waals surface area contributed by atoms with E-state index in [1.165, 1.54) is 36.2 Å². The summed E-state index contributed by atoms with van der Waals surface area (Å²) in [4.78, 5) is 13.5. The van der Waals surface area contributed by atoms with Gasteiger partial charge in [-0.15, -0.1) is 0 Å². The number of carbonyl (C=O) groups is 1. The van der Waals surface area contributed by atoms with E-state index in [4.69, 9.17) is 4.74 Å². The van der Waals surface area contributed by atoms with Gasteiger partial charge in [0, 0.05) is 29.1 Å². The van der Waals surface area contributed by atoms with Crippen LogP contribution in [0.2, 0.25) is 0 Å². The SMILES string of the molecule is CN1c2c(cc(C(=O)C(F)(F)F)c3ccccc23)C(C(F)(F)F)OC1c1ccccc1. The maximum Gasteiger partial charge on any atom is 0.454 e.